The molecule has 3 N–H and O–H groups in total. The van der Waals surface area contributed by atoms with E-state index in [-0.39, 0.29) is 12.4 Å². The maximum absolute atomic E-state index is 11.1. The molecule has 0 amide bonds. The molecule has 0 radical (unpaired) electrons. The monoisotopic (exact) mass is 313 g/mol. The summed E-state index contributed by atoms with van der Waals surface area (Å²) >= 11 is 6.18. The van der Waals surface area contributed by atoms with E-state index in [0.717, 1.165) is 42.4 Å². The molecule has 0 unspecified atom stereocenters. The Morgan fingerprint density at radius 2 is 1.95 bits per heavy atom. The Morgan fingerprint density at radius 3 is 2.65 bits per heavy atom. The summed E-state index contributed by atoms with van der Waals surface area (Å²) in [5, 5.41) is 23.2. The van der Waals surface area contributed by atoms with E-state index < -0.39 is 5.60 Å². The molecule has 1 aliphatic heterocycles. The zero-order valence-electron chi connectivity index (χ0n) is 10.9. The molecule has 1 aliphatic carbocycles. The molecule has 2 heterocycles. The third-order valence-electron chi connectivity index (χ3n) is 4.69. The van der Waals surface area contributed by atoms with E-state index >= 15 is 0 Å². The van der Waals surface area contributed by atoms with Crippen LogP contribution in [0.15, 0.2) is 18.3 Å². The van der Waals surface area contributed by atoms with E-state index in [9.17, 15) is 5.11 Å². The van der Waals surface area contributed by atoms with Crippen molar-refractivity contribution >= 4 is 34.9 Å². The van der Waals surface area contributed by atoms with Gasteiger partial charge in [0, 0.05) is 16.0 Å². The van der Waals surface area contributed by atoms with E-state index in [1.165, 1.54) is 0 Å². The normalized spacial score (nSPS) is 27.5. The number of nitrogens with one attached hydrogen (secondary N) is 2. The number of hydrogen-bond donors (Lipinski definition) is 3. The van der Waals surface area contributed by atoms with Gasteiger partial charge in [0.2, 0.25) is 0 Å². The Labute approximate surface area is 128 Å². The Balaban J connectivity index is 0.00000121. The maximum atomic E-state index is 11.1. The summed E-state index contributed by atoms with van der Waals surface area (Å²) < 4.78 is 0. The van der Waals surface area contributed by atoms with Crippen molar-refractivity contribution in [1.82, 2.24) is 15.5 Å². The van der Waals surface area contributed by atoms with Gasteiger partial charge in [-0.3, -0.25) is 5.10 Å². The van der Waals surface area contributed by atoms with Gasteiger partial charge in [-0.2, -0.15) is 5.10 Å². The molecule has 2 atom stereocenters. The van der Waals surface area contributed by atoms with E-state index in [4.69, 9.17) is 11.6 Å². The number of aromatic nitrogens is 2. The van der Waals surface area contributed by atoms with Crippen LogP contribution in [0.2, 0.25) is 5.02 Å². The quantitative estimate of drug-likeness (QED) is 0.758. The lowest BCUT2D eigenvalue weighted by molar-refractivity contribution is 0.0372. The van der Waals surface area contributed by atoms with Crippen LogP contribution in [0.1, 0.15) is 18.4 Å². The van der Waals surface area contributed by atoms with Gasteiger partial charge in [0.05, 0.1) is 17.3 Å². The second-order valence-corrected chi connectivity index (χ2v) is 6.34. The fourth-order valence-corrected chi connectivity index (χ4v) is 4.05. The summed E-state index contributed by atoms with van der Waals surface area (Å²) in [6, 6.07) is 3.77. The Bertz CT molecular complexity index is 630. The van der Waals surface area contributed by atoms with Gasteiger partial charge in [-0.1, -0.05) is 11.6 Å². The van der Waals surface area contributed by atoms with Crippen LogP contribution in [-0.2, 0) is 5.60 Å². The number of hydrogen-bond acceptors (Lipinski definition) is 3. The lowest BCUT2D eigenvalue weighted by Gasteiger charge is -2.25. The van der Waals surface area contributed by atoms with Crippen LogP contribution in [0.25, 0.3) is 10.9 Å². The Morgan fingerprint density at radius 1 is 1.25 bits per heavy atom. The molecule has 4 rings (SSSR count). The van der Waals surface area contributed by atoms with Crippen LogP contribution in [0.4, 0.5) is 0 Å². The zero-order valence-corrected chi connectivity index (χ0v) is 12.5. The molecule has 0 spiro atoms. The number of rotatable bonds is 1. The van der Waals surface area contributed by atoms with Gasteiger partial charge in [0.15, 0.2) is 0 Å². The number of fused-ring (bicyclic) bond motifs is 2. The molecular weight excluding hydrogens is 297 g/mol. The van der Waals surface area contributed by atoms with Gasteiger partial charge in [0.25, 0.3) is 0 Å². The van der Waals surface area contributed by atoms with Crippen LogP contribution in [0, 0.1) is 11.8 Å². The van der Waals surface area contributed by atoms with Crippen LogP contribution in [-0.4, -0.2) is 28.4 Å². The van der Waals surface area contributed by atoms with Crippen molar-refractivity contribution in [3.63, 3.8) is 0 Å². The Kier molecular flexibility index (Phi) is 3.45. The molecule has 1 aromatic heterocycles. The molecule has 0 bridgehead atoms. The van der Waals surface area contributed by atoms with Crippen molar-refractivity contribution in [2.24, 2.45) is 11.8 Å². The lowest BCUT2D eigenvalue weighted by atomic mass is 9.89. The number of halogens is 2. The van der Waals surface area contributed by atoms with E-state index in [1.54, 1.807) is 6.20 Å². The standard InChI is InChI=1S/C14H16ClN3O.ClH/c15-11-1-8-7-17-18-13(8)12(2-11)14(19)3-9-5-16-6-10(9)4-14;/h1-2,7,9-10,16,19H,3-6H2,(H,17,18);1H/t9-,10-;/m0./s1. The van der Waals surface area contributed by atoms with Crippen molar-refractivity contribution in [2.75, 3.05) is 13.1 Å². The van der Waals surface area contributed by atoms with Crippen LogP contribution in [0.3, 0.4) is 0 Å². The third kappa shape index (κ3) is 2.02. The third-order valence-corrected chi connectivity index (χ3v) is 4.91. The molecular formula is C14H17Cl2N3O. The molecule has 2 aromatic rings. The largest absolute Gasteiger partial charge is 0.385 e. The average Bonchev–Trinajstić information content (AvgIpc) is 3.01. The van der Waals surface area contributed by atoms with E-state index in [0.29, 0.717) is 16.9 Å². The molecule has 1 aromatic carbocycles. The highest BCUT2D eigenvalue weighted by atomic mass is 35.5. The minimum atomic E-state index is -0.771. The summed E-state index contributed by atoms with van der Waals surface area (Å²) in [5.74, 6) is 1.14. The summed E-state index contributed by atoms with van der Waals surface area (Å²) in [7, 11) is 0. The first-order valence-corrected chi connectivity index (χ1v) is 7.10. The second-order valence-electron chi connectivity index (χ2n) is 5.91. The first-order valence-electron chi connectivity index (χ1n) is 6.72. The highest BCUT2D eigenvalue weighted by Gasteiger charge is 2.47. The smallest absolute Gasteiger partial charge is 0.0924 e. The average molecular weight is 314 g/mol. The summed E-state index contributed by atoms with van der Waals surface area (Å²) in [6.07, 6.45) is 3.36. The zero-order chi connectivity index (χ0) is 13.0. The molecule has 4 nitrogen and oxygen atoms in total. The predicted octanol–water partition coefficient (Wildman–Crippen LogP) is 2.46. The fourth-order valence-electron chi connectivity index (χ4n) is 3.82. The predicted molar refractivity (Wildman–Crippen MR) is 81.3 cm³/mol. The summed E-state index contributed by atoms with van der Waals surface area (Å²) in [5.41, 5.74) is 1.05. The number of nitrogens with zero attached hydrogens (tertiary/aromatic N) is 1. The summed E-state index contributed by atoms with van der Waals surface area (Å²) in [4.78, 5) is 0. The van der Waals surface area contributed by atoms with Crippen molar-refractivity contribution in [3.8, 4) is 0 Å². The van der Waals surface area contributed by atoms with Crippen molar-refractivity contribution in [1.29, 1.82) is 0 Å². The number of aliphatic hydroxyl groups is 1. The van der Waals surface area contributed by atoms with E-state index in [2.05, 4.69) is 15.5 Å². The Hall–Kier alpha value is -0.810. The van der Waals surface area contributed by atoms with Gasteiger partial charge in [-0.05, 0) is 49.9 Å². The highest BCUT2D eigenvalue weighted by Crippen LogP contribution is 2.48. The molecule has 1 saturated heterocycles. The minimum Gasteiger partial charge on any atom is -0.385 e. The van der Waals surface area contributed by atoms with E-state index in [1.807, 2.05) is 12.1 Å². The summed E-state index contributed by atoms with van der Waals surface area (Å²) in [6.45, 7) is 2.03. The van der Waals surface area contributed by atoms with Crippen molar-refractivity contribution in [2.45, 2.75) is 18.4 Å². The molecule has 2 fully saturated rings. The molecule has 6 heteroatoms. The van der Waals surface area contributed by atoms with Crippen LogP contribution in [0.5, 0.6) is 0 Å². The van der Waals surface area contributed by atoms with Crippen molar-refractivity contribution in [3.05, 3.63) is 28.9 Å². The van der Waals surface area contributed by atoms with Gasteiger partial charge < -0.3 is 10.4 Å². The number of aromatic amines is 1. The molecule has 1 saturated carbocycles. The minimum absolute atomic E-state index is 0. The van der Waals surface area contributed by atoms with Gasteiger partial charge >= 0.3 is 0 Å². The molecule has 108 valence electrons. The molecule has 2 aliphatic rings. The van der Waals surface area contributed by atoms with Gasteiger partial charge in [-0.25, -0.2) is 0 Å². The fraction of sp³-hybridized carbons (Fsp3) is 0.500. The SMILES string of the molecule is Cl.OC1(c2cc(Cl)cc3cn[nH]c23)C[C@H]2CNC[C@@H]2C1. The number of benzene rings is 1. The highest BCUT2D eigenvalue weighted by molar-refractivity contribution is 6.31. The molecule has 20 heavy (non-hydrogen) atoms. The van der Waals surface area contributed by atoms with Crippen molar-refractivity contribution < 1.29 is 5.11 Å². The topological polar surface area (TPSA) is 60.9 Å². The van der Waals surface area contributed by atoms with Gasteiger partial charge in [0.1, 0.15) is 0 Å². The first kappa shape index (κ1) is 14.1. The second kappa shape index (κ2) is 4.88. The first-order chi connectivity index (χ1) is 9.16. The number of H-pyrrole nitrogens is 1. The lowest BCUT2D eigenvalue weighted by Crippen LogP contribution is -2.26. The maximum Gasteiger partial charge on any atom is 0.0924 e. The van der Waals surface area contributed by atoms with Crippen LogP contribution >= 0.6 is 24.0 Å². The van der Waals surface area contributed by atoms with Gasteiger partial charge in [-0.15, -0.1) is 12.4 Å². The van der Waals surface area contributed by atoms with Crippen LogP contribution < -0.4 is 5.32 Å².